The molecule has 0 radical (unpaired) electrons. The maximum atomic E-state index is 10.7. The van der Waals surface area contributed by atoms with E-state index in [0.717, 1.165) is 23.2 Å². The van der Waals surface area contributed by atoms with Gasteiger partial charge < -0.3 is 14.4 Å². The van der Waals surface area contributed by atoms with Gasteiger partial charge >= 0.3 is 5.97 Å². The lowest BCUT2D eigenvalue weighted by molar-refractivity contribution is -0.137. The lowest BCUT2D eigenvalue weighted by Gasteiger charge is -2.05. The molecule has 5 heteroatoms. The summed E-state index contributed by atoms with van der Waals surface area (Å²) in [4.78, 5) is 15.2. The molecule has 5 nitrogen and oxygen atoms in total. The zero-order chi connectivity index (χ0) is 15.2. The van der Waals surface area contributed by atoms with Gasteiger partial charge in [0.25, 0.3) is 0 Å². The smallest absolute Gasteiger partial charge is 0.303 e. The predicted molar refractivity (Wildman–Crippen MR) is 80.3 cm³/mol. The summed E-state index contributed by atoms with van der Waals surface area (Å²) in [7, 11) is 0. The number of hydrogen-bond acceptors (Lipinski definition) is 3. The molecule has 0 fully saturated rings. The van der Waals surface area contributed by atoms with Crippen molar-refractivity contribution in [2.45, 2.75) is 32.7 Å². The van der Waals surface area contributed by atoms with Gasteiger partial charge in [0.05, 0.1) is 30.6 Å². The molecule has 0 spiro atoms. The van der Waals surface area contributed by atoms with Gasteiger partial charge in [-0.25, -0.2) is 4.98 Å². The quantitative estimate of drug-likeness (QED) is 0.794. The molecular weight excluding hydrogens is 268 g/mol. The number of carboxylic acids is 1. The fraction of sp³-hybridized carbons (Fsp3) is 0.375. The van der Waals surface area contributed by atoms with Gasteiger partial charge in [-0.05, 0) is 18.6 Å². The van der Waals surface area contributed by atoms with Crippen LogP contribution in [0.25, 0.3) is 11.0 Å². The highest BCUT2D eigenvalue weighted by Gasteiger charge is 2.12. The van der Waals surface area contributed by atoms with E-state index in [1.54, 1.807) is 0 Å². The molecular formula is C16H18N2O3. The Morgan fingerprint density at radius 1 is 1.52 bits per heavy atom. The first-order chi connectivity index (χ1) is 10.2. The van der Waals surface area contributed by atoms with Crippen molar-refractivity contribution in [3.63, 3.8) is 0 Å². The highest BCUT2D eigenvalue weighted by atomic mass is 16.5. The molecule has 0 saturated carbocycles. The highest BCUT2D eigenvalue weighted by molar-refractivity contribution is 5.78. The maximum absolute atomic E-state index is 10.7. The van der Waals surface area contributed by atoms with Crippen LogP contribution in [0, 0.1) is 12.3 Å². The lowest BCUT2D eigenvalue weighted by atomic mass is 10.3. The van der Waals surface area contributed by atoms with E-state index >= 15 is 0 Å². The Bertz CT molecular complexity index is 683. The Balaban J connectivity index is 2.36. The largest absolute Gasteiger partial charge is 0.494 e. The molecule has 1 aromatic heterocycles. The van der Waals surface area contributed by atoms with Gasteiger partial charge in [0.15, 0.2) is 0 Å². The number of rotatable bonds is 7. The number of aryl methyl sites for hydroxylation is 1. The van der Waals surface area contributed by atoms with E-state index in [1.807, 2.05) is 29.7 Å². The summed E-state index contributed by atoms with van der Waals surface area (Å²) in [5, 5.41) is 8.81. The average molecular weight is 286 g/mol. The van der Waals surface area contributed by atoms with Crippen LogP contribution in [0.5, 0.6) is 5.75 Å². The number of terminal acetylenes is 1. The van der Waals surface area contributed by atoms with Crippen LogP contribution in [0.2, 0.25) is 0 Å². The second-order valence-electron chi connectivity index (χ2n) is 4.71. The Kier molecular flexibility index (Phi) is 4.83. The van der Waals surface area contributed by atoms with Crippen LogP contribution in [-0.4, -0.2) is 27.2 Å². The Hall–Kier alpha value is -2.48. The number of imidazole rings is 1. The van der Waals surface area contributed by atoms with Crippen molar-refractivity contribution in [2.24, 2.45) is 0 Å². The van der Waals surface area contributed by atoms with E-state index < -0.39 is 5.97 Å². The topological polar surface area (TPSA) is 64.4 Å². The van der Waals surface area contributed by atoms with Crippen LogP contribution in [0.1, 0.15) is 25.6 Å². The SMILES string of the molecule is C#CCn1c(CCC(=O)O)nc2cc(OCCC)ccc21. The molecule has 0 bridgehead atoms. The number of nitrogens with zero attached hydrogens (tertiary/aromatic N) is 2. The first-order valence-electron chi connectivity index (χ1n) is 6.93. The van der Waals surface area contributed by atoms with Crippen LogP contribution in [0.3, 0.4) is 0 Å². The van der Waals surface area contributed by atoms with Gasteiger partial charge in [0.1, 0.15) is 11.6 Å². The molecule has 2 aromatic rings. The number of hydrogen-bond donors (Lipinski definition) is 1. The molecule has 21 heavy (non-hydrogen) atoms. The van der Waals surface area contributed by atoms with Crippen LogP contribution in [0.4, 0.5) is 0 Å². The van der Waals surface area contributed by atoms with Crippen molar-refractivity contribution < 1.29 is 14.6 Å². The third-order valence-corrected chi connectivity index (χ3v) is 3.08. The summed E-state index contributed by atoms with van der Waals surface area (Å²) in [6, 6.07) is 5.66. The lowest BCUT2D eigenvalue weighted by Crippen LogP contribution is -2.06. The average Bonchev–Trinajstić information content (AvgIpc) is 2.80. The van der Waals surface area contributed by atoms with Gasteiger partial charge in [0, 0.05) is 12.5 Å². The Morgan fingerprint density at radius 2 is 2.33 bits per heavy atom. The first kappa shape index (κ1) is 14.9. The van der Waals surface area contributed by atoms with E-state index in [0.29, 0.717) is 25.4 Å². The predicted octanol–water partition coefficient (Wildman–Crippen LogP) is 2.48. The maximum Gasteiger partial charge on any atom is 0.303 e. The number of aromatic nitrogens is 2. The number of carboxylic acid groups (broad SMARTS) is 1. The van der Waals surface area contributed by atoms with E-state index in [2.05, 4.69) is 10.9 Å². The van der Waals surface area contributed by atoms with Crippen molar-refractivity contribution in [2.75, 3.05) is 6.61 Å². The Labute approximate surface area is 123 Å². The summed E-state index contributed by atoms with van der Waals surface area (Å²) in [6.45, 7) is 3.08. The van der Waals surface area contributed by atoms with Gasteiger partial charge in [-0.15, -0.1) is 6.42 Å². The minimum atomic E-state index is -0.846. The van der Waals surface area contributed by atoms with E-state index in [4.69, 9.17) is 16.3 Å². The van der Waals surface area contributed by atoms with Crippen molar-refractivity contribution in [1.29, 1.82) is 0 Å². The third kappa shape index (κ3) is 3.54. The third-order valence-electron chi connectivity index (χ3n) is 3.08. The number of aliphatic carboxylic acids is 1. The molecule has 110 valence electrons. The normalized spacial score (nSPS) is 10.5. The van der Waals surface area contributed by atoms with Crippen LogP contribution in [-0.2, 0) is 17.8 Å². The summed E-state index contributed by atoms with van der Waals surface area (Å²) < 4.78 is 7.46. The monoisotopic (exact) mass is 286 g/mol. The molecule has 0 atom stereocenters. The van der Waals surface area contributed by atoms with Gasteiger partial charge in [-0.1, -0.05) is 12.8 Å². The molecule has 0 amide bonds. The summed E-state index contributed by atoms with van der Waals surface area (Å²) in [6.07, 6.45) is 6.72. The first-order valence-corrected chi connectivity index (χ1v) is 6.93. The number of fused-ring (bicyclic) bond motifs is 1. The zero-order valence-corrected chi connectivity index (χ0v) is 12.0. The number of carbonyl (C=O) groups is 1. The van der Waals surface area contributed by atoms with Crippen LogP contribution in [0.15, 0.2) is 18.2 Å². The fourth-order valence-corrected chi connectivity index (χ4v) is 2.15. The molecule has 1 N–H and O–H groups in total. The zero-order valence-electron chi connectivity index (χ0n) is 12.0. The van der Waals surface area contributed by atoms with Crippen molar-refractivity contribution in [3.05, 3.63) is 24.0 Å². The van der Waals surface area contributed by atoms with Gasteiger partial charge in [0.2, 0.25) is 0 Å². The molecule has 0 unspecified atom stereocenters. The summed E-state index contributed by atoms with van der Waals surface area (Å²) in [5.41, 5.74) is 1.68. The number of benzene rings is 1. The second kappa shape index (κ2) is 6.80. The number of ether oxygens (including phenoxy) is 1. The van der Waals surface area contributed by atoms with E-state index in [-0.39, 0.29) is 6.42 Å². The second-order valence-corrected chi connectivity index (χ2v) is 4.71. The molecule has 1 aromatic carbocycles. The summed E-state index contributed by atoms with van der Waals surface area (Å²) >= 11 is 0. The van der Waals surface area contributed by atoms with E-state index in [1.165, 1.54) is 0 Å². The van der Waals surface area contributed by atoms with Crippen LogP contribution < -0.4 is 4.74 Å². The minimum absolute atomic E-state index is 0.0348. The van der Waals surface area contributed by atoms with Gasteiger partial charge in [-0.3, -0.25) is 4.79 Å². The minimum Gasteiger partial charge on any atom is -0.494 e. The molecule has 0 aliphatic carbocycles. The van der Waals surface area contributed by atoms with Crippen LogP contribution >= 0.6 is 0 Å². The Morgan fingerprint density at radius 3 is 3.00 bits per heavy atom. The van der Waals surface area contributed by atoms with Crippen molar-refractivity contribution >= 4 is 17.0 Å². The molecule has 0 aliphatic rings. The van der Waals surface area contributed by atoms with Crippen molar-refractivity contribution in [1.82, 2.24) is 9.55 Å². The molecule has 0 aliphatic heterocycles. The molecule has 1 heterocycles. The molecule has 0 saturated heterocycles. The van der Waals surface area contributed by atoms with E-state index in [9.17, 15) is 4.79 Å². The standard InChI is InChI=1S/C16H18N2O3/c1-3-9-18-14-6-5-12(21-10-4-2)11-13(14)17-15(18)7-8-16(19)20/h1,5-6,11H,4,7-10H2,2H3,(H,19,20). The molecule has 2 rings (SSSR count). The van der Waals surface area contributed by atoms with Crippen molar-refractivity contribution in [3.8, 4) is 18.1 Å². The fourth-order valence-electron chi connectivity index (χ4n) is 2.15. The highest BCUT2D eigenvalue weighted by Crippen LogP contribution is 2.22. The van der Waals surface area contributed by atoms with Gasteiger partial charge in [-0.2, -0.15) is 0 Å². The summed E-state index contributed by atoms with van der Waals surface area (Å²) in [5.74, 6) is 3.19.